The van der Waals surface area contributed by atoms with E-state index in [0.717, 1.165) is 5.69 Å². The van der Waals surface area contributed by atoms with Gasteiger partial charge in [0.2, 0.25) is 0 Å². The number of rotatable bonds is 6. The van der Waals surface area contributed by atoms with Gasteiger partial charge in [0.05, 0.1) is 5.69 Å². The molecule has 0 amide bonds. The SMILES string of the molecule is Cc1cc(-c2cccc(-c3ccccc3)c2)cc(C)c1N(c1ccc(-c2ccccc2)cc1)c1ccc2c(c1)C(C)(C)c1ccccc1-2. The first-order valence-electron chi connectivity index (χ1n) is 16.9. The van der Waals surface area contributed by atoms with Crippen molar-refractivity contribution in [1.82, 2.24) is 0 Å². The van der Waals surface area contributed by atoms with Gasteiger partial charge >= 0.3 is 0 Å². The second-order valence-corrected chi connectivity index (χ2v) is 13.6. The van der Waals surface area contributed by atoms with Crippen molar-refractivity contribution in [2.24, 2.45) is 0 Å². The van der Waals surface area contributed by atoms with E-state index in [2.05, 4.69) is 196 Å². The minimum Gasteiger partial charge on any atom is -0.310 e. The van der Waals surface area contributed by atoms with Gasteiger partial charge in [-0.05, 0) is 123 Å². The van der Waals surface area contributed by atoms with Gasteiger partial charge in [0.1, 0.15) is 0 Å². The normalized spacial score (nSPS) is 12.8. The Bertz CT molecular complexity index is 2240. The first kappa shape index (κ1) is 29.7. The van der Waals surface area contributed by atoms with Crippen molar-refractivity contribution in [3.63, 3.8) is 0 Å². The molecule has 1 aliphatic carbocycles. The van der Waals surface area contributed by atoms with Crippen LogP contribution in [0, 0.1) is 13.8 Å². The fraction of sp³-hybridized carbons (Fsp3) is 0.106. The molecule has 0 saturated heterocycles. The van der Waals surface area contributed by atoms with Gasteiger partial charge in [-0.2, -0.15) is 0 Å². The number of nitrogens with zero attached hydrogens (tertiary/aromatic N) is 1. The first-order chi connectivity index (χ1) is 23.4. The van der Waals surface area contributed by atoms with E-state index < -0.39 is 0 Å². The number of hydrogen-bond acceptors (Lipinski definition) is 1. The Kier molecular flexibility index (Phi) is 7.34. The van der Waals surface area contributed by atoms with Crippen LogP contribution < -0.4 is 4.90 Å². The average Bonchev–Trinajstić information content (AvgIpc) is 3.36. The molecule has 0 saturated carbocycles. The van der Waals surface area contributed by atoms with Gasteiger partial charge in [-0.25, -0.2) is 0 Å². The lowest BCUT2D eigenvalue weighted by Crippen LogP contribution is -2.17. The summed E-state index contributed by atoms with van der Waals surface area (Å²) in [6, 6.07) is 59.8. The highest BCUT2D eigenvalue weighted by Gasteiger charge is 2.35. The van der Waals surface area contributed by atoms with Crippen LogP contribution in [0.1, 0.15) is 36.1 Å². The molecule has 1 aliphatic rings. The number of aryl methyl sites for hydroxylation is 2. The highest BCUT2D eigenvalue weighted by molar-refractivity contribution is 5.88. The lowest BCUT2D eigenvalue weighted by molar-refractivity contribution is 0.660. The Morgan fingerprint density at radius 3 is 1.54 bits per heavy atom. The van der Waals surface area contributed by atoms with E-state index in [-0.39, 0.29) is 5.41 Å². The molecular weight excluding hydrogens is 579 g/mol. The van der Waals surface area contributed by atoms with Crippen LogP contribution in [0.4, 0.5) is 17.1 Å². The fourth-order valence-corrected chi connectivity index (χ4v) is 7.66. The third kappa shape index (κ3) is 5.13. The van der Waals surface area contributed by atoms with E-state index in [4.69, 9.17) is 0 Å². The van der Waals surface area contributed by atoms with E-state index in [1.807, 2.05) is 0 Å². The number of benzene rings is 7. The molecule has 0 N–H and O–H groups in total. The van der Waals surface area contributed by atoms with E-state index in [9.17, 15) is 0 Å². The van der Waals surface area contributed by atoms with Crippen LogP contribution >= 0.6 is 0 Å². The molecule has 0 heterocycles. The summed E-state index contributed by atoms with van der Waals surface area (Å²) in [4.78, 5) is 2.46. The topological polar surface area (TPSA) is 3.24 Å². The summed E-state index contributed by atoms with van der Waals surface area (Å²) in [5.41, 5.74) is 18.7. The molecule has 7 aromatic carbocycles. The predicted molar refractivity (Wildman–Crippen MR) is 204 cm³/mol. The van der Waals surface area contributed by atoms with Gasteiger partial charge < -0.3 is 4.90 Å². The quantitative estimate of drug-likeness (QED) is 0.179. The fourth-order valence-electron chi connectivity index (χ4n) is 7.66. The van der Waals surface area contributed by atoms with Crippen LogP contribution in [0.3, 0.4) is 0 Å². The Balaban J connectivity index is 1.26. The van der Waals surface area contributed by atoms with Crippen molar-refractivity contribution in [3.8, 4) is 44.5 Å². The smallest absolute Gasteiger partial charge is 0.0520 e. The molecule has 8 rings (SSSR count). The summed E-state index contributed by atoms with van der Waals surface area (Å²) in [5.74, 6) is 0. The third-order valence-corrected chi connectivity index (χ3v) is 10.1. The Hall–Kier alpha value is -5.66. The maximum atomic E-state index is 2.46. The van der Waals surface area contributed by atoms with E-state index in [1.165, 1.54) is 78.1 Å². The minimum atomic E-state index is -0.0809. The molecule has 0 radical (unpaired) electrons. The second-order valence-electron chi connectivity index (χ2n) is 13.6. The summed E-state index contributed by atoms with van der Waals surface area (Å²) >= 11 is 0. The van der Waals surface area contributed by atoms with Crippen LogP contribution in [-0.4, -0.2) is 0 Å². The van der Waals surface area contributed by atoms with Crippen molar-refractivity contribution in [2.45, 2.75) is 33.1 Å². The zero-order chi connectivity index (χ0) is 32.8. The number of hydrogen-bond donors (Lipinski definition) is 0. The summed E-state index contributed by atoms with van der Waals surface area (Å²) in [7, 11) is 0. The van der Waals surface area contributed by atoms with Crippen molar-refractivity contribution in [3.05, 3.63) is 186 Å². The standard InChI is InChI=1S/C47H39N/c1-32-28-39(38-19-13-18-37(30-38)35-16-9-6-10-17-35)29-33(2)46(32)48(40-24-22-36(23-25-40)34-14-7-5-8-15-34)41-26-27-43-42-20-11-12-21-44(42)47(3,4)45(43)31-41/h5-31H,1-4H3. The molecule has 48 heavy (non-hydrogen) atoms. The molecule has 0 aliphatic heterocycles. The summed E-state index contributed by atoms with van der Waals surface area (Å²) in [6.07, 6.45) is 0. The van der Waals surface area contributed by atoms with Gasteiger partial charge in [0.25, 0.3) is 0 Å². The highest BCUT2D eigenvalue weighted by Crippen LogP contribution is 2.51. The van der Waals surface area contributed by atoms with Crippen molar-refractivity contribution in [2.75, 3.05) is 4.90 Å². The lowest BCUT2D eigenvalue weighted by atomic mass is 9.82. The molecule has 1 nitrogen and oxygen atoms in total. The summed E-state index contributed by atoms with van der Waals surface area (Å²) in [6.45, 7) is 9.22. The minimum absolute atomic E-state index is 0.0809. The molecule has 0 aromatic heterocycles. The highest BCUT2D eigenvalue weighted by atomic mass is 15.1. The van der Waals surface area contributed by atoms with E-state index in [1.54, 1.807) is 0 Å². The van der Waals surface area contributed by atoms with Gasteiger partial charge in [-0.3, -0.25) is 0 Å². The van der Waals surface area contributed by atoms with Gasteiger partial charge in [-0.1, -0.05) is 135 Å². The first-order valence-corrected chi connectivity index (χ1v) is 16.9. The van der Waals surface area contributed by atoms with Crippen LogP contribution in [0.25, 0.3) is 44.5 Å². The van der Waals surface area contributed by atoms with E-state index in [0.29, 0.717) is 0 Å². The van der Waals surface area contributed by atoms with Crippen molar-refractivity contribution >= 4 is 17.1 Å². The van der Waals surface area contributed by atoms with Crippen LogP contribution in [-0.2, 0) is 5.41 Å². The summed E-state index contributed by atoms with van der Waals surface area (Å²) in [5, 5.41) is 0. The molecule has 0 atom stereocenters. The number of fused-ring (bicyclic) bond motifs is 3. The molecular formula is C47H39N. The number of anilines is 3. The van der Waals surface area contributed by atoms with Crippen LogP contribution in [0.15, 0.2) is 164 Å². The van der Waals surface area contributed by atoms with E-state index >= 15 is 0 Å². The molecule has 0 spiro atoms. The monoisotopic (exact) mass is 617 g/mol. The van der Waals surface area contributed by atoms with Crippen molar-refractivity contribution in [1.29, 1.82) is 0 Å². The van der Waals surface area contributed by atoms with Crippen molar-refractivity contribution < 1.29 is 0 Å². The van der Waals surface area contributed by atoms with Gasteiger partial charge in [0, 0.05) is 16.8 Å². The maximum absolute atomic E-state index is 2.46. The Morgan fingerprint density at radius 1 is 0.375 bits per heavy atom. The largest absolute Gasteiger partial charge is 0.310 e. The Labute approximate surface area is 284 Å². The average molecular weight is 618 g/mol. The van der Waals surface area contributed by atoms with Crippen LogP contribution in [0.5, 0.6) is 0 Å². The predicted octanol–water partition coefficient (Wildman–Crippen LogP) is 13.1. The van der Waals surface area contributed by atoms with Gasteiger partial charge in [-0.15, -0.1) is 0 Å². The molecule has 232 valence electrons. The van der Waals surface area contributed by atoms with Crippen LogP contribution in [0.2, 0.25) is 0 Å². The third-order valence-electron chi connectivity index (χ3n) is 10.1. The maximum Gasteiger partial charge on any atom is 0.0520 e. The molecule has 0 bridgehead atoms. The molecule has 7 aromatic rings. The Morgan fingerprint density at radius 2 is 0.875 bits per heavy atom. The molecule has 0 unspecified atom stereocenters. The lowest BCUT2D eigenvalue weighted by Gasteiger charge is -2.31. The molecule has 0 fully saturated rings. The second kappa shape index (κ2) is 11.9. The zero-order valence-electron chi connectivity index (χ0n) is 28.0. The zero-order valence-corrected chi connectivity index (χ0v) is 28.0. The summed E-state index contributed by atoms with van der Waals surface area (Å²) < 4.78 is 0. The molecule has 1 heteroatoms. The van der Waals surface area contributed by atoms with Gasteiger partial charge in [0.15, 0.2) is 0 Å².